The molecule has 4 aromatic rings. The zero-order valence-electron chi connectivity index (χ0n) is 28.5. The number of amides is 2. The molecule has 5 rings (SSSR count). The van der Waals surface area contributed by atoms with Gasteiger partial charge in [-0.15, -0.1) is 0 Å². The molecular formula is C40H43BrN2O6. The van der Waals surface area contributed by atoms with E-state index in [1.165, 1.54) is 14.0 Å². The molecule has 1 saturated carbocycles. The van der Waals surface area contributed by atoms with Crippen molar-refractivity contribution in [3.63, 3.8) is 0 Å². The van der Waals surface area contributed by atoms with E-state index >= 15 is 0 Å². The van der Waals surface area contributed by atoms with E-state index in [1.807, 2.05) is 81.4 Å². The third kappa shape index (κ3) is 7.89. The summed E-state index contributed by atoms with van der Waals surface area (Å²) in [5.74, 6) is -4.28. The molecule has 4 aromatic carbocycles. The fourth-order valence-electron chi connectivity index (χ4n) is 6.73. The molecule has 4 atom stereocenters. The van der Waals surface area contributed by atoms with Gasteiger partial charge in [-0.05, 0) is 89.1 Å². The number of nitrogens with one attached hydrogen (secondary N) is 2. The quantitative estimate of drug-likeness (QED) is 0.136. The number of methoxy groups -OCH3 is 1. The van der Waals surface area contributed by atoms with E-state index in [0.29, 0.717) is 45.8 Å². The Balaban J connectivity index is 1.60. The average molecular weight is 728 g/mol. The molecule has 0 spiro atoms. The topological polar surface area (TPSA) is 114 Å². The molecule has 0 aliphatic heterocycles. The number of hydrogen-bond acceptors (Lipinski definition) is 6. The van der Waals surface area contributed by atoms with Crippen molar-refractivity contribution in [2.75, 3.05) is 17.7 Å². The van der Waals surface area contributed by atoms with Crippen LogP contribution < -0.4 is 20.1 Å². The highest BCUT2D eigenvalue weighted by atomic mass is 79.9. The molecule has 4 unspecified atom stereocenters. The summed E-state index contributed by atoms with van der Waals surface area (Å²) < 4.78 is 12.5. The smallest absolute Gasteiger partial charge is 0.235 e. The maximum absolute atomic E-state index is 14.4. The fraction of sp³-hybridized carbons (Fsp3) is 0.325. The van der Waals surface area contributed by atoms with Crippen LogP contribution in [0.2, 0.25) is 0 Å². The Bertz CT molecular complexity index is 1840. The molecule has 49 heavy (non-hydrogen) atoms. The van der Waals surface area contributed by atoms with Gasteiger partial charge in [-0.3, -0.25) is 14.4 Å². The highest BCUT2D eigenvalue weighted by Crippen LogP contribution is 2.49. The van der Waals surface area contributed by atoms with E-state index in [-0.39, 0.29) is 13.0 Å². The number of hydrogen-bond donors (Lipinski definition) is 3. The monoisotopic (exact) mass is 726 g/mol. The third-order valence-electron chi connectivity index (χ3n) is 9.28. The zero-order valence-corrected chi connectivity index (χ0v) is 30.1. The Morgan fingerprint density at radius 3 is 2.04 bits per heavy atom. The minimum Gasteiger partial charge on any atom is -0.493 e. The highest BCUT2D eigenvalue weighted by molar-refractivity contribution is 9.10. The lowest BCUT2D eigenvalue weighted by Crippen LogP contribution is -2.56. The summed E-state index contributed by atoms with van der Waals surface area (Å²) in [5, 5.41) is 17.9. The number of para-hydroxylation sites is 2. The molecule has 3 N–H and O–H groups in total. The van der Waals surface area contributed by atoms with Crippen LogP contribution in [0, 0.1) is 18.8 Å². The van der Waals surface area contributed by atoms with Crippen molar-refractivity contribution in [3.05, 3.63) is 117 Å². The first-order valence-electron chi connectivity index (χ1n) is 16.6. The summed E-state index contributed by atoms with van der Waals surface area (Å²) in [6.45, 7) is 7.75. The van der Waals surface area contributed by atoms with E-state index in [1.54, 1.807) is 24.3 Å². The summed E-state index contributed by atoms with van der Waals surface area (Å²) >= 11 is 3.64. The maximum Gasteiger partial charge on any atom is 0.235 e. The Morgan fingerprint density at radius 2 is 1.47 bits per heavy atom. The van der Waals surface area contributed by atoms with Crippen molar-refractivity contribution in [2.45, 2.75) is 65.1 Å². The number of halogens is 1. The van der Waals surface area contributed by atoms with Crippen LogP contribution in [0.3, 0.4) is 0 Å². The molecular weight excluding hydrogens is 684 g/mol. The molecule has 2 amide bonds. The van der Waals surface area contributed by atoms with Gasteiger partial charge in [0.2, 0.25) is 11.8 Å². The predicted octanol–water partition coefficient (Wildman–Crippen LogP) is 7.79. The Labute approximate surface area is 296 Å². The van der Waals surface area contributed by atoms with Gasteiger partial charge >= 0.3 is 0 Å². The Morgan fingerprint density at radius 1 is 0.898 bits per heavy atom. The van der Waals surface area contributed by atoms with E-state index in [9.17, 15) is 19.5 Å². The Kier molecular flexibility index (Phi) is 11.3. The van der Waals surface area contributed by atoms with Crippen LogP contribution >= 0.6 is 15.9 Å². The molecule has 0 heterocycles. The van der Waals surface area contributed by atoms with E-state index in [0.717, 1.165) is 22.3 Å². The van der Waals surface area contributed by atoms with Crippen molar-refractivity contribution in [2.24, 2.45) is 11.8 Å². The van der Waals surface area contributed by atoms with Gasteiger partial charge in [-0.2, -0.15) is 0 Å². The first-order chi connectivity index (χ1) is 23.5. The lowest BCUT2D eigenvalue weighted by atomic mass is 9.61. The standard InChI is InChI=1S/C40H43BrN2O6/c1-6-26-12-8-10-14-30(26)42-38(45)35-32(44)22-40(4,47)36(39(46)43-31-15-11-9-13-27(31)7-2)34(35)28-20-29(41)37(33(21-28)48-5)49-23-25-18-16-24(3)17-19-25/h8-21,34-36,47H,6-7,22-23H2,1-5H3,(H,42,45)(H,43,46). The van der Waals surface area contributed by atoms with Crippen LogP contribution in [0.25, 0.3) is 0 Å². The first-order valence-corrected chi connectivity index (χ1v) is 17.3. The summed E-state index contributed by atoms with van der Waals surface area (Å²) in [7, 11) is 1.50. The Hall–Kier alpha value is -4.47. The van der Waals surface area contributed by atoms with Crippen LogP contribution in [0.15, 0.2) is 89.4 Å². The van der Waals surface area contributed by atoms with Crippen molar-refractivity contribution < 1.29 is 29.0 Å². The van der Waals surface area contributed by atoms with Gasteiger partial charge in [0.1, 0.15) is 18.3 Å². The molecule has 9 heteroatoms. The SMILES string of the molecule is CCc1ccccc1NC(=O)C1C(=O)CC(C)(O)C(C(=O)Nc2ccccc2CC)C1c1cc(Br)c(OCc2ccc(C)cc2)c(OC)c1. The second-order valence-electron chi connectivity index (χ2n) is 12.8. The zero-order chi connectivity index (χ0) is 35.3. The predicted molar refractivity (Wildman–Crippen MR) is 195 cm³/mol. The number of carbonyl (C=O) groups is 3. The molecule has 0 aromatic heterocycles. The van der Waals surface area contributed by atoms with E-state index in [2.05, 4.69) is 26.6 Å². The minimum absolute atomic E-state index is 0.273. The van der Waals surface area contributed by atoms with Crippen LogP contribution in [-0.2, 0) is 33.8 Å². The molecule has 1 fully saturated rings. The normalized spacial score (nSPS) is 20.4. The summed E-state index contributed by atoms with van der Waals surface area (Å²) in [6.07, 6.45) is 0.972. The summed E-state index contributed by atoms with van der Waals surface area (Å²) in [6, 6.07) is 26.3. The van der Waals surface area contributed by atoms with Crippen molar-refractivity contribution in [3.8, 4) is 11.5 Å². The third-order valence-corrected chi connectivity index (χ3v) is 9.87. The summed E-state index contributed by atoms with van der Waals surface area (Å²) in [4.78, 5) is 42.6. The van der Waals surface area contributed by atoms with E-state index in [4.69, 9.17) is 9.47 Å². The van der Waals surface area contributed by atoms with Crippen LogP contribution in [0.5, 0.6) is 11.5 Å². The number of ether oxygens (including phenoxy) is 2. The van der Waals surface area contributed by atoms with Crippen molar-refractivity contribution >= 4 is 44.9 Å². The molecule has 8 nitrogen and oxygen atoms in total. The molecule has 0 bridgehead atoms. The second-order valence-corrected chi connectivity index (χ2v) is 13.6. The minimum atomic E-state index is -1.77. The van der Waals surface area contributed by atoms with Gasteiger partial charge in [0.25, 0.3) is 0 Å². The first kappa shape index (κ1) is 35.8. The van der Waals surface area contributed by atoms with Crippen molar-refractivity contribution in [1.82, 2.24) is 0 Å². The number of benzene rings is 4. The molecule has 1 aliphatic carbocycles. The van der Waals surface area contributed by atoms with Gasteiger partial charge in [0.15, 0.2) is 11.5 Å². The largest absolute Gasteiger partial charge is 0.493 e. The number of aryl methyl sites for hydroxylation is 3. The fourth-order valence-corrected chi connectivity index (χ4v) is 7.30. The van der Waals surface area contributed by atoms with Crippen LogP contribution in [0.1, 0.15) is 60.9 Å². The van der Waals surface area contributed by atoms with Gasteiger partial charge < -0.3 is 25.2 Å². The number of anilines is 2. The number of Topliss-reactive ketones (excluding diaryl/α,β-unsaturated/α-hetero) is 1. The van der Waals surface area contributed by atoms with Gasteiger partial charge in [-0.1, -0.05) is 80.1 Å². The van der Waals surface area contributed by atoms with Crippen LogP contribution in [-0.4, -0.2) is 35.4 Å². The maximum atomic E-state index is 14.4. The lowest BCUT2D eigenvalue weighted by molar-refractivity contribution is -0.150. The number of carbonyl (C=O) groups excluding carboxylic acids is 3. The van der Waals surface area contributed by atoms with Crippen LogP contribution in [0.4, 0.5) is 11.4 Å². The molecule has 0 radical (unpaired) electrons. The van der Waals surface area contributed by atoms with Crippen molar-refractivity contribution in [1.29, 1.82) is 0 Å². The van der Waals surface area contributed by atoms with Gasteiger partial charge in [-0.25, -0.2) is 0 Å². The van der Waals surface area contributed by atoms with Gasteiger partial charge in [0, 0.05) is 23.7 Å². The lowest BCUT2D eigenvalue weighted by Gasteiger charge is -2.44. The molecule has 256 valence electrons. The number of rotatable bonds is 11. The highest BCUT2D eigenvalue weighted by Gasteiger charge is 2.56. The second kappa shape index (κ2) is 15.4. The molecule has 0 saturated heterocycles. The summed E-state index contributed by atoms with van der Waals surface area (Å²) in [5.41, 5.74) is 3.83. The molecule has 1 aliphatic rings. The average Bonchev–Trinajstić information content (AvgIpc) is 3.07. The van der Waals surface area contributed by atoms with E-state index < -0.39 is 41.0 Å². The number of ketones is 1. The number of aliphatic hydroxyl groups is 1. The van der Waals surface area contributed by atoms with Gasteiger partial charge in [0.05, 0.1) is 23.1 Å².